The zero-order valence-electron chi connectivity index (χ0n) is 9.72. The Bertz CT molecular complexity index is 489. The minimum absolute atomic E-state index is 0. The fourth-order valence-corrected chi connectivity index (χ4v) is 1.40. The van der Waals surface area contributed by atoms with Crippen molar-refractivity contribution in [3.05, 3.63) is 16.5 Å². The standard InChI is InChI=1S/C8H12ClN7O.ClH/c1-16(2)8-5(9)13-4(7(11)17)3(14-8)6(10)15-12;/h12H2,1-2H3,(H2,10,15)(H2,11,17);1H. The predicted molar refractivity (Wildman–Crippen MR) is 72.0 cm³/mol. The molecular formula is C8H13Cl2N7O. The van der Waals surface area contributed by atoms with E-state index in [1.807, 2.05) is 0 Å². The monoisotopic (exact) mass is 293 g/mol. The molecule has 0 atom stereocenters. The number of hydrazone groups is 1. The summed E-state index contributed by atoms with van der Waals surface area (Å²) < 4.78 is 0. The molecule has 0 spiro atoms. The zero-order chi connectivity index (χ0) is 13.2. The van der Waals surface area contributed by atoms with Gasteiger partial charge in [0.15, 0.2) is 22.5 Å². The summed E-state index contributed by atoms with van der Waals surface area (Å²) in [5.74, 6) is 4.40. The number of nitrogens with two attached hydrogens (primary N) is 3. The number of rotatable bonds is 3. The molecule has 1 aromatic rings. The number of hydrogen-bond donors (Lipinski definition) is 3. The highest BCUT2D eigenvalue weighted by molar-refractivity contribution is 6.32. The lowest BCUT2D eigenvalue weighted by Crippen LogP contribution is -2.27. The van der Waals surface area contributed by atoms with E-state index in [1.54, 1.807) is 19.0 Å². The third-order valence-corrected chi connectivity index (χ3v) is 2.13. The van der Waals surface area contributed by atoms with E-state index >= 15 is 0 Å². The first-order valence-corrected chi connectivity index (χ1v) is 4.84. The average Bonchev–Trinajstić information content (AvgIpc) is 2.26. The molecule has 0 unspecified atom stereocenters. The molecule has 10 heteroatoms. The first kappa shape index (κ1) is 16.2. The van der Waals surface area contributed by atoms with E-state index < -0.39 is 5.91 Å². The predicted octanol–water partition coefficient (Wildman–Crippen LogP) is -0.704. The second kappa shape index (κ2) is 6.22. The van der Waals surface area contributed by atoms with Crippen LogP contribution >= 0.6 is 24.0 Å². The normalized spacial score (nSPS) is 10.7. The van der Waals surface area contributed by atoms with E-state index in [1.165, 1.54) is 0 Å². The van der Waals surface area contributed by atoms with Gasteiger partial charge in [-0.2, -0.15) is 5.10 Å². The van der Waals surface area contributed by atoms with Gasteiger partial charge in [-0.25, -0.2) is 9.97 Å². The zero-order valence-corrected chi connectivity index (χ0v) is 11.3. The highest BCUT2D eigenvalue weighted by Gasteiger charge is 2.19. The Morgan fingerprint density at radius 2 is 1.83 bits per heavy atom. The van der Waals surface area contributed by atoms with E-state index in [2.05, 4.69) is 15.1 Å². The third-order valence-electron chi connectivity index (χ3n) is 1.88. The summed E-state index contributed by atoms with van der Waals surface area (Å²) in [6.45, 7) is 0. The summed E-state index contributed by atoms with van der Waals surface area (Å²) in [7, 11) is 3.42. The summed E-state index contributed by atoms with van der Waals surface area (Å²) in [6, 6.07) is 0. The number of nitrogens with zero attached hydrogens (tertiary/aromatic N) is 4. The Morgan fingerprint density at radius 1 is 1.28 bits per heavy atom. The molecule has 0 aliphatic carbocycles. The van der Waals surface area contributed by atoms with Gasteiger partial charge in [-0.05, 0) is 0 Å². The summed E-state index contributed by atoms with van der Waals surface area (Å²) in [5, 5.41) is 3.29. The summed E-state index contributed by atoms with van der Waals surface area (Å²) >= 11 is 5.85. The van der Waals surface area contributed by atoms with Gasteiger partial charge in [0.1, 0.15) is 5.69 Å². The Morgan fingerprint density at radius 3 is 2.22 bits per heavy atom. The van der Waals surface area contributed by atoms with Crippen LogP contribution < -0.4 is 22.2 Å². The second-order valence-electron chi connectivity index (χ2n) is 3.31. The Kier molecular flexibility index (Phi) is 5.60. The van der Waals surface area contributed by atoms with Crippen LogP contribution in [-0.2, 0) is 0 Å². The molecule has 1 heterocycles. The molecule has 18 heavy (non-hydrogen) atoms. The molecule has 0 fully saturated rings. The van der Waals surface area contributed by atoms with E-state index in [4.69, 9.17) is 28.9 Å². The molecular weight excluding hydrogens is 281 g/mol. The van der Waals surface area contributed by atoms with Gasteiger partial charge in [-0.15, -0.1) is 12.4 Å². The first-order valence-electron chi connectivity index (χ1n) is 4.46. The topological polar surface area (TPSA) is 137 Å². The lowest BCUT2D eigenvalue weighted by Gasteiger charge is -2.14. The van der Waals surface area contributed by atoms with Crippen molar-refractivity contribution in [3.8, 4) is 0 Å². The molecule has 0 saturated heterocycles. The Hall–Kier alpha value is -1.80. The lowest BCUT2D eigenvalue weighted by molar-refractivity contribution is 0.0995. The highest BCUT2D eigenvalue weighted by Crippen LogP contribution is 2.21. The minimum Gasteiger partial charge on any atom is -0.380 e. The molecule has 0 aliphatic heterocycles. The highest BCUT2D eigenvalue weighted by atomic mass is 35.5. The Balaban J connectivity index is 0.00000289. The number of carbonyl (C=O) groups excluding carboxylic acids is 1. The number of amides is 1. The fourth-order valence-electron chi connectivity index (χ4n) is 1.10. The smallest absolute Gasteiger partial charge is 0.269 e. The van der Waals surface area contributed by atoms with Gasteiger partial charge in [0, 0.05) is 14.1 Å². The van der Waals surface area contributed by atoms with Crippen LogP contribution in [0.2, 0.25) is 5.15 Å². The SMILES string of the molecule is CN(C)c1nc(C(N)=NN)c(C(N)=O)nc1Cl.Cl. The number of anilines is 1. The van der Waals surface area contributed by atoms with Crippen LogP contribution in [0.4, 0.5) is 5.82 Å². The maximum Gasteiger partial charge on any atom is 0.269 e. The molecule has 0 saturated carbocycles. The van der Waals surface area contributed by atoms with Crippen molar-refractivity contribution in [1.29, 1.82) is 0 Å². The van der Waals surface area contributed by atoms with Crippen molar-refractivity contribution in [2.24, 2.45) is 22.4 Å². The summed E-state index contributed by atoms with van der Waals surface area (Å²) in [4.78, 5) is 20.7. The quantitative estimate of drug-likeness (QED) is 0.292. The van der Waals surface area contributed by atoms with Crippen LogP contribution in [-0.4, -0.2) is 35.8 Å². The number of hydrogen-bond acceptors (Lipinski definition) is 6. The molecule has 100 valence electrons. The van der Waals surface area contributed by atoms with Crippen LogP contribution in [0.15, 0.2) is 5.10 Å². The van der Waals surface area contributed by atoms with E-state index in [-0.39, 0.29) is 34.8 Å². The van der Waals surface area contributed by atoms with Gasteiger partial charge in [-0.3, -0.25) is 4.79 Å². The van der Waals surface area contributed by atoms with Crippen molar-refractivity contribution < 1.29 is 4.79 Å². The number of amidine groups is 1. The molecule has 6 N–H and O–H groups in total. The van der Waals surface area contributed by atoms with Crippen molar-refractivity contribution >= 4 is 41.6 Å². The maximum atomic E-state index is 11.2. The van der Waals surface area contributed by atoms with Crippen LogP contribution in [0.3, 0.4) is 0 Å². The molecule has 0 bridgehead atoms. The van der Waals surface area contributed by atoms with Gasteiger partial charge in [0.05, 0.1) is 0 Å². The van der Waals surface area contributed by atoms with Crippen molar-refractivity contribution in [3.63, 3.8) is 0 Å². The van der Waals surface area contributed by atoms with E-state index in [0.29, 0.717) is 5.82 Å². The van der Waals surface area contributed by atoms with Gasteiger partial charge < -0.3 is 22.2 Å². The fraction of sp³-hybridized carbons (Fsp3) is 0.250. The van der Waals surface area contributed by atoms with Crippen LogP contribution in [0.25, 0.3) is 0 Å². The van der Waals surface area contributed by atoms with Crippen LogP contribution in [0.1, 0.15) is 16.2 Å². The molecule has 1 aromatic heterocycles. The van der Waals surface area contributed by atoms with Gasteiger partial charge in [-0.1, -0.05) is 11.6 Å². The van der Waals surface area contributed by atoms with Crippen LogP contribution in [0.5, 0.6) is 0 Å². The van der Waals surface area contributed by atoms with Crippen molar-refractivity contribution in [2.45, 2.75) is 0 Å². The first-order chi connectivity index (χ1) is 7.88. The van der Waals surface area contributed by atoms with E-state index in [9.17, 15) is 4.79 Å². The van der Waals surface area contributed by atoms with Crippen LogP contribution in [0, 0.1) is 0 Å². The molecule has 0 aliphatic rings. The van der Waals surface area contributed by atoms with Gasteiger partial charge in [0.2, 0.25) is 0 Å². The average molecular weight is 294 g/mol. The Labute approximate surface area is 115 Å². The van der Waals surface area contributed by atoms with Gasteiger partial charge in [0.25, 0.3) is 5.91 Å². The molecule has 0 aromatic carbocycles. The number of primary amides is 1. The maximum absolute atomic E-state index is 11.2. The second-order valence-corrected chi connectivity index (χ2v) is 3.67. The summed E-state index contributed by atoms with van der Waals surface area (Å²) in [5.41, 5.74) is 10.5. The number of aromatic nitrogens is 2. The number of halogens is 2. The van der Waals surface area contributed by atoms with Gasteiger partial charge >= 0.3 is 0 Å². The molecule has 8 nitrogen and oxygen atoms in total. The molecule has 0 radical (unpaired) electrons. The minimum atomic E-state index is -0.814. The number of carbonyl (C=O) groups is 1. The molecule has 1 amide bonds. The van der Waals surface area contributed by atoms with E-state index in [0.717, 1.165) is 0 Å². The lowest BCUT2D eigenvalue weighted by atomic mass is 10.2. The largest absolute Gasteiger partial charge is 0.380 e. The van der Waals surface area contributed by atoms with Crippen molar-refractivity contribution in [2.75, 3.05) is 19.0 Å². The summed E-state index contributed by atoms with van der Waals surface area (Å²) in [6.07, 6.45) is 0. The van der Waals surface area contributed by atoms with Crippen molar-refractivity contribution in [1.82, 2.24) is 9.97 Å². The third kappa shape index (κ3) is 3.11. The molecule has 1 rings (SSSR count).